The van der Waals surface area contributed by atoms with E-state index in [0.717, 1.165) is 16.6 Å². The van der Waals surface area contributed by atoms with E-state index in [0.29, 0.717) is 15.2 Å². The summed E-state index contributed by atoms with van der Waals surface area (Å²) in [7, 11) is 0. The largest absolute Gasteiger partial charge is 0.484 e. The van der Waals surface area contributed by atoms with E-state index in [1.54, 1.807) is 16.5 Å². The minimum absolute atomic E-state index is 0.0808. The van der Waals surface area contributed by atoms with E-state index in [4.69, 9.17) is 10.5 Å². The third-order valence-corrected chi connectivity index (χ3v) is 4.67. The molecule has 0 aliphatic heterocycles. The fraction of sp³-hybridized carbons (Fsp3) is 0.0556. The highest BCUT2D eigenvalue weighted by molar-refractivity contribution is 7.15. The van der Waals surface area contributed by atoms with Gasteiger partial charge in [0, 0.05) is 0 Å². The smallest absolute Gasteiger partial charge is 0.274 e. The van der Waals surface area contributed by atoms with Gasteiger partial charge in [0.25, 0.3) is 11.5 Å². The van der Waals surface area contributed by atoms with Crippen molar-refractivity contribution >= 4 is 39.3 Å². The lowest BCUT2D eigenvalue weighted by Gasteiger charge is -2.03. The van der Waals surface area contributed by atoms with Crippen molar-refractivity contribution in [1.29, 1.82) is 0 Å². The maximum absolute atomic E-state index is 12.7. The fourth-order valence-electron chi connectivity index (χ4n) is 2.58. The normalized spacial score (nSPS) is 12.1. The number of rotatable bonds is 4. The summed E-state index contributed by atoms with van der Waals surface area (Å²) in [4.78, 5) is 28.6. The van der Waals surface area contributed by atoms with E-state index in [-0.39, 0.29) is 12.2 Å². The SMILES string of the molecule is NC(=O)COc1ccc(/C=c2\sc3nc4ccccc4n3c2=O)cc1. The van der Waals surface area contributed by atoms with Crippen LogP contribution in [0.15, 0.2) is 53.3 Å². The maximum atomic E-state index is 12.7. The van der Waals surface area contributed by atoms with Crippen molar-refractivity contribution < 1.29 is 9.53 Å². The van der Waals surface area contributed by atoms with Crippen LogP contribution in [-0.4, -0.2) is 21.9 Å². The number of para-hydroxylation sites is 2. The quantitative estimate of drug-likeness (QED) is 0.601. The Morgan fingerprint density at radius 2 is 1.96 bits per heavy atom. The molecule has 0 unspecified atom stereocenters. The molecule has 0 spiro atoms. The molecule has 124 valence electrons. The number of amides is 1. The molecular formula is C18H13N3O3S. The first-order valence-corrected chi connectivity index (χ1v) is 8.36. The zero-order valence-electron chi connectivity index (χ0n) is 13.0. The number of hydrogen-bond donors (Lipinski definition) is 1. The molecule has 0 saturated carbocycles. The van der Waals surface area contributed by atoms with Crippen molar-refractivity contribution in [3.05, 3.63) is 69.0 Å². The van der Waals surface area contributed by atoms with Crippen LogP contribution in [0, 0.1) is 0 Å². The highest BCUT2D eigenvalue weighted by Crippen LogP contribution is 2.16. The molecule has 4 aromatic rings. The first-order chi connectivity index (χ1) is 12.1. The van der Waals surface area contributed by atoms with Crippen LogP contribution in [0.5, 0.6) is 5.75 Å². The van der Waals surface area contributed by atoms with Gasteiger partial charge in [-0.1, -0.05) is 35.6 Å². The average molecular weight is 351 g/mol. The third kappa shape index (κ3) is 2.85. The Hall–Kier alpha value is -3.19. The van der Waals surface area contributed by atoms with Gasteiger partial charge in [0.1, 0.15) is 5.75 Å². The monoisotopic (exact) mass is 351 g/mol. The number of carbonyl (C=O) groups is 1. The van der Waals surface area contributed by atoms with E-state index in [2.05, 4.69) is 4.98 Å². The van der Waals surface area contributed by atoms with Gasteiger partial charge in [0.15, 0.2) is 11.6 Å². The van der Waals surface area contributed by atoms with Crippen LogP contribution in [0.3, 0.4) is 0 Å². The molecule has 0 atom stereocenters. The number of carbonyl (C=O) groups excluding carboxylic acids is 1. The van der Waals surface area contributed by atoms with Crippen LogP contribution in [0.4, 0.5) is 0 Å². The number of thiazole rings is 1. The Bertz CT molecular complexity index is 1190. The van der Waals surface area contributed by atoms with E-state index in [1.807, 2.05) is 42.5 Å². The second-order valence-corrected chi connectivity index (χ2v) is 6.47. The predicted molar refractivity (Wildman–Crippen MR) is 96.8 cm³/mol. The minimum Gasteiger partial charge on any atom is -0.484 e. The molecule has 6 nitrogen and oxygen atoms in total. The molecule has 0 bridgehead atoms. The van der Waals surface area contributed by atoms with Crippen LogP contribution in [-0.2, 0) is 4.79 Å². The number of nitrogens with zero attached hydrogens (tertiary/aromatic N) is 2. The van der Waals surface area contributed by atoms with Crippen LogP contribution in [0.2, 0.25) is 0 Å². The molecule has 0 aliphatic carbocycles. The van der Waals surface area contributed by atoms with Crippen LogP contribution in [0.25, 0.3) is 22.1 Å². The molecule has 0 radical (unpaired) electrons. The van der Waals surface area contributed by atoms with Crippen LogP contribution >= 0.6 is 11.3 Å². The summed E-state index contributed by atoms with van der Waals surface area (Å²) in [5, 5.41) is 0. The predicted octanol–water partition coefficient (Wildman–Crippen LogP) is 1.32. The van der Waals surface area contributed by atoms with Crippen molar-refractivity contribution in [2.75, 3.05) is 6.61 Å². The molecular weight excluding hydrogens is 338 g/mol. The van der Waals surface area contributed by atoms with E-state index < -0.39 is 5.91 Å². The number of imidazole rings is 1. The summed E-state index contributed by atoms with van der Waals surface area (Å²) in [5.41, 5.74) is 7.45. The standard InChI is InChI=1S/C18H13N3O3S/c19-16(22)10-24-12-7-5-11(6-8-12)9-15-17(23)21-14-4-2-1-3-13(14)20-18(21)25-15/h1-9H,10H2,(H2,19,22)/b15-9-. The molecule has 0 saturated heterocycles. The molecule has 2 N–H and O–H groups in total. The lowest BCUT2D eigenvalue weighted by molar-refractivity contribution is -0.119. The molecule has 2 aromatic heterocycles. The maximum Gasteiger partial charge on any atom is 0.274 e. The molecule has 7 heteroatoms. The molecule has 0 aliphatic rings. The van der Waals surface area contributed by atoms with Gasteiger partial charge < -0.3 is 10.5 Å². The molecule has 1 amide bonds. The number of nitrogens with two attached hydrogens (primary N) is 1. The Morgan fingerprint density at radius 3 is 2.72 bits per heavy atom. The topological polar surface area (TPSA) is 86.7 Å². The molecule has 25 heavy (non-hydrogen) atoms. The van der Waals surface area contributed by atoms with E-state index in [1.165, 1.54) is 11.3 Å². The summed E-state index contributed by atoms with van der Waals surface area (Å²) in [5.74, 6) is 0.0195. The van der Waals surface area contributed by atoms with Crippen LogP contribution in [0.1, 0.15) is 5.56 Å². The average Bonchev–Trinajstić information content (AvgIpc) is 3.11. The highest BCUT2D eigenvalue weighted by atomic mass is 32.1. The summed E-state index contributed by atoms with van der Waals surface area (Å²) in [6.45, 7) is -0.164. The summed E-state index contributed by atoms with van der Waals surface area (Å²) >= 11 is 1.35. The lowest BCUT2D eigenvalue weighted by atomic mass is 10.2. The zero-order chi connectivity index (χ0) is 17.4. The van der Waals surface area contributed by atoms with E-state index in [9.17, 15) is 9.59 Å². The van der Waals surface area contributed by atoms with Gasteiger partial charge in [0.05, 0.1) is 15.6 Å². The van der Waals surface area contributed by atoms with Gasteiger partial charge in [-0.25, -0.2) is 9.38 Å². The summed E-state index contributed by atoms with van der Waals surface area (Å²) < 4.78 is 7.46. The summed E-state index contributed by atoms with van der Waals surface area (Å²) in [6.07, 6.45) is 1.81. The second kappa shape index (κ2) is 6.03. The molecule has 2 aromatic carbocycles. The van der Waals surface area contributed by atoms with Crippen molar-refractivity contribution in [2.45, 2.75) is 0 Å². The highest BCUT2D eigenvalue weighted by Gasteiger charge is 2.10. The fourth-order valence-corrected chi connectivity index (χ4v) is 3.56. The number of ether oxygens (including phenoxy) is 1. The Labute approximate surface area is 145 Å². The van der Waals surface area contributed by atoms with E-state index >= 15 is 0 Å². The number of hydrogen-bond acceptors (Lipinski definition) is 5. The van der Waals surface area contributed by atoms with Gasteiger partial charge in [-0.15, -0.1) is 0 Å². The van der Waals surface area contributed by atoms with Gasteiger partial charge in [-0.2, -0.15) is 0 Å². The molecule has 2 heterocycles. The first-order valence-electron chi connectivity index (χ1n) is 7.55. The number of primary amides is 1. The first kappa shape index (κ1) is 15.3. The Balaban J connectivity index is 1.73. The van der Waals surface area contributed by atoms with Gasteiger partial charge >= 0.3 is 0 Å². The minimum atomic E-state index is -0.527. The Kier molecular flexibility index (Phi) is 3.70. The summed E-state index contributed by atoms with van der Waals surface area (Å²) in [6, 6.07) is 14.7. The van der Waals surface area contributed by atoms with Gasteiger partial charge in [-0.3, -0.25) is 9.59 Å². The van der Waals surface area contributed by atoms with Crippen molar-refractivity contribution in [3.63, 3.8) is 0 Å². The van der Waals surface area contributed by atoms with Gasteiger partial charge in [0.2, 0.25) is 0 Å². The van der Waals surface area contributed by atoms with Crippen molar-refractivity contribution in [1.82, 2.24) is 9.38 Å². The second-order valence-electron chi connectivity index (χ2n) is 5.46. The third-order valence-electron chi connectivity index (χ3n) is 3.70. The molecule has 0 fully saturated rings. The Morgan fingerprint density at radius 1 is 1.20 bits per heavy atom. The number of fused-ring (bicyclic) bond motifs is 3. The van der Waals surface area contributed by atoms with Crippen molar-refractivity contribution in [3.8, 4) is 5.75 Å². The number of aromatic nitrogens is 2. The zero-order valence-corrected chi connectivity index (χ0v) is 13.8. The van der Waals surface area contributed by atoms with Crippen molar-refractivity contribution in [2.24, 2.45) is 5.73 Å². The number of benzene rings is 2. The lowest BCUT2D eigenvalue weighted by Crippen LogP contribution is -2.22. The van der Waals surface area contributed by atoms with Gasteiger partial charge in [-0.05, 0) is 35.9 Å². The molecule has 4 rings (SSSR count). The van der Waals surface area contributed by atoms with Crippen LogP contribution < -0.4 is 20.6 Å².